The van der Waals surface area contributed by atoms with Crippen LogP contribution < -0.4 is 10.6 Å². The zero-order valence-corrected chi connectivity index (χ0v) is 24.5. The molecule has 0 aromatic carbocycles. The number of amides is 2. The van der Waals surface area contributed by atoms with Crippen molar-refractivity contribution >= 4 is 25.3 Å². The second-order valence-corrected chi connectivity index (χ2v) is 7.70. The average Bonchev–Trinajstić information content (AvgIpc) is 2.86. The molecule has 0 aromatic rings. The van der Waals surface area contributed by atoms with Gasteiger partial charge in [-0.2, -0.15) is 0 Å². The Morgan fingerprint density at radius 3 is 1.88 bits per heavy atom. The highest BCUT2D eigenvalue weighted by atomic mass is 31.2. The highest BCUT2D eigenvalue weighted by Gasteiger charge is 2.36. The lowest BCUT2D eigenvalue weighted by Gasteiger charge is -2.29. The number of phosphoric ester groups is 1. The fourth-order valence-corrected chi connectivity index (χ4v) is 2.23. The molecule has 11 nitrogen and oxygen atoms in total. The van der Waals surface area contributed by atoms with E-state index in [-0.39, 0.29) is 32.0 Å². The molecule has 0 rings (SSSR count). The van der Waals surface area contributed by atoms with E-state index in [1.165, 1.54) is 21.0 Å². The molecule has 2 atom stereocenters. The first-order chi connectivity index (χ1) is 15.9. The molecule has 2 amide bonds. The van der Waals surface area contributed by atoms with Gasteiger partial charge in [0, 0.05) is 25.5 Å². The number of hydrogen-bond donors (Lipinski definition) is 4. The van der Waals surface area contributed by atoms with E-state index >= 15 is 0 Å². The summed E-state index contributed by atoms with van der Waals surface area (Å²) in [4.78, 5) is 37.4. The summed E-state index contributed by atoms with van der Waals surface area (Å²) in [5, 5.41) is 18.7. The van der Waals surface area contributed by atoms with Gasteiger partial charge in [-0.05, 0) is 6.92 Å². The Balaban J connectivity index is -0.000000314. The molecule has 0 aliphatic carbocycles. The molecule has 4 N–H and O–H groups in total. The molecule has 0 saturated heterocycles. The zero-order valence-electron chi connectivity index (χ0n) is 23.6. The minimum atomic E-state index is -4.21. The van der Waals surface area contributed by atoms with E-state index in [2.05, 4.69) is 25.2 Å². The van der Waals surface area contributed by atoms with E-state index in [0.717, 1.165) is 7.11 Å². The number of carbonyl (C=O) groups is 2. The maximum atomic E-state index is 12.0. The van der Waals surface area contributed by atoms with Crippen LogP contribution in [0.15, 0.2) is 5.16 Å². The first kappa shape index (κ1) is 42.6. The molecule has 0 bridgehead atoms. The highest BCUT2D eigenvalue weighted by molar-refractivity contribution is 7.47. The van der Waals surface area contributed by atoms with Crippen LogP contribution in [0.5, 0.6) is 0 Å². The Labute approximate surface area is 207 Å². The van der Waals surface area contributed by atoms with Crippen molar-refractivity contribution in [1.82, 2.24) is 10.6 Å². The topological polar surface area (TPSA) is 156 Å². The lowest BCUT2D eigenvalue weighted by Crippen LogP contribution is -2.46. The van der Waals surface area contributed by atoms with E-state index in [0.29, 0.717) is 5.71 Å². The Hall–Kier alpha value is -1.52. The molecular formula is C22H52N3O8P. The van der Waals surface area contributed by atoms with Gasteiger partial charge in [-0.25, -0.2) is 4.57 Å². The molecule has 0 radical (unpaired) electrons. The van der Waals surface area contributed by atoms with E-state index < -0.39 is 25.2 Å². The number of rotatable bonds is 12. The summed E-state index contributed by atoms with van der Waals surface area (Å²) >= 11 is 0. The van der Waals surface area contributed by atoms with Crippen LogP contribution in [-0.4, -0.2) is 67.5 Å². The van der Waals surface area contributed by atoms with E-state index in [9.17, 15) is 24.2 Å². The van der Waals surface area contributed by atoms with Gasteiger partial charge in [0.25, 0.3) is 0 Å². The van der Waals surface area contributed by atoms with Crippen LogP contribution in [0.4, 0.5) is 0 Å². The predicted molar refractivity (Wildman–Crippen MR) is 139 cm³/mol. The maximum Gasteiger partial charge on any atom is 0.471 e. The molecule has 0 aliphatic heterocycles. The SMILES string of the molecule is CC.CC.CC.CC.CO/N=C(\C)CNC(=O)CCNC(=O)C(O)C(C)(C)COP(=O)(O)OC. The van der Waals surface area contributed by atoms with Crippen LogP contribution in [0.1, 0.15) is 82.6 Å². The van der Waals surface area contributed by atoms with Crippen LogP contribution in [0, 0.1) is 5.41 Å². The van der Waals surface area contributed by atoms with Gasteiger partial charge in [-0.3, -0.25) is 18.6 Å². The Bertz CT molecular complexity index is 558. The molecule has 0 spiro atoms. The number of hydrogen-bond acceptors (Lipinski definition) is 8. The molecule has 0 heterocycles. The number of nitrogens with one attached hydrogen (secondary N) is 2. The molecule has 0 fully saturated rings. The zero-order chi connectivity index (χ0) is 28.4. The van der Waals surface area contributed by atoms with Crippen molar-refractivity contribution in [1.29, 1.82) is 0 Å². The van der Waals surface area contributed by atoms with Crippen LogP contribution in [-0.2, 0) is 28.0 Å². The lowest BCUT2D eigenvalue weighted by molar-refractivity contribution is -0.137. The average molecular weight is 518 g/mol. The highest BCUT2D eigenvalue weighted by Crippen LogP contribution is 2.43. The van der Waals surface area contributed by atoms with Gasteiger partial charge in [0.1, 0.15) is 13.2 Å². The number of phosphoric acid groups is 1. The number of oxime groups is 1. The van der Waals surface area contributed by atoms with Gasteiger partial charge < -0.3 is 25.5 Å². The van der Waals surface area contributed by atoms with E-state index in [4.69, 9.17) is 4.52 Å². The third kappa shape index (κ3) is 25.1. The normalized spacial score (nSPS) is 12.7. The van der Waals surface area contributed by atoms with Crippen LogP contribution >= 0.6 is 7.82 Å². The van der Waals surface area contributed by atoms with Crippen LogP contribution in [0.25, 0.3) is 0 Å². The third-order valence-corrected chi connectivity index (χ3v) is 4.18. The summed E-state index contributed by atoms with van der Waals surface area (Å²) in [7, 11) is -1.81. The Morgan fingerprint density at radius 2 is 1.47 bits per heavy atom. The molecule has 0 aromatic heterocycles. The number of carbonyl (C=O) groups excluding carboxylic acids is 2. The molecule has 12 heteroatoms. The second-order valence-electron chi connectivity index (χ2n) is 6.14. The number of nitrogens with zero attached hydrogens (tertiary/aromatic N) is 1. The summed E-state index contributed by atoms with van der Waals surface area (Å²) < 4.78 is 20.2. The molecule has 208 valence electrons. The fourth-order valence-electron chi connectivity index (χ4n) is 1.63. The summed E-state index contributed by atoms with van der Waals surface area (Å²) in [5.41, 5.74) is -0.573. The van der Waals surface area contributed by atoms with Crippen LogP contribution in [0.3, 0.4) is 0 Å². The molecule has 0 aliphatic rings. The van der Waals surface area contributed by atoms with Gasteiger partial charge in [0.15, 0.2) is 0 Å². The van der Waals surface area contributed by atoms with Gasteiger partial charge >= 0.3 is 7.82 Å². The van der Waals surface area contributed by atoms with Gasteiger partial charge in [-0.1, -0.05) is 74.4 Å². The summed E-state index contributed by atoms with van der Waals surface area (Å²) in [6.07, 6.45) is -1.51. The Kier molecular flexibility index (Phi) is 34.8. The van der Waals surface area contributed by atoms with Crippen molar-refractivity contribution in [3.8, 4) is 0 Å². The quantitative estimate of drug-likeness (QED) is 0.173. The predicted octanol–water partition coefficient (Wildman–Crippen LogP) is 3.89. The second kappa shape index (κ2) is 27.7. The monoisotopic (exact) mass is 517 g/mol. The van der Waals surface area contributed by atoms with Crippen molar-refractivity contribution in [2.24, 2.45) is 10.6 Å². The number of aliphatic hydroxyl groups is 1. The first-order valence-electron chi connectivity index (χ1n) is 11.8. The smallest absolute Gasteiger partial charge is 0.399 e. The maximum absolute atomic E-state index is 12.0. The molecular weight excluding hydrogens is 465 g/mol. The fraction of sp³-hybridized carbons (Fsp3) is 0.864. The minimum Gasteiger partial charge on any atom is -0.399 e. The van der Waals surface area contributed by atoms with Crippen molar-refractivity contribution in [3.63, 3.8) is 0 Å². The summed E-state index contributed by atoms with van der Waals surface area (Å²) in [5.74, 6) is -1.04. The number of aliphatic hydroxyl groups excluding tert-OH is 1. The minimum absolute atomic E-state index is 0.00513. The van der Waals surface area contributed by atoms with Crippen molar-refractivity contribution in [2.75, 3.05) is 33.9 Å². The Morgan fingerprint density at radius 1 is 1.00 bits per heavy atom. The standard InChI is InChI=1S/C14H28N3O8P.4C2H6/c1-10(17-23-4)8-16-11(18)6-7-15-13(20)12(19)14(2,3)9-25-26(21,22)24-5;4*1-2/h12,19H,6-9H2,1-5H3,(H,15,20)(H,16,18)(H,21,22);4*1-2H3/b17-10+;;;;. The summed E-state index contributed by atoms with van der Waals surface area (Å²) in [6.45, 7) is 20.5. The lowest BCUT2D eigenvalue weighted by atomic mass is 9.87. The first-order valence-corrected chi connectivity index (χ1v) is 13.3. The third-order valence-electron chi connectivity index (χ3n) is 3.26. The van der Waals surface area contributed by atoms with Gasteiger partial charge in [0.2, 0.25) is 11.8 Å². The molecule has 0 saturated carbocycles. The van der Waals surface area contributed by atoms with Crippen molar-refractivity contribution in [3.05, 3.63) is 0 Å². The van der Waals surface area contributed by atoms with Crippen molar-refractivity contribution < 1.29 is 38.0 Å². The van der Waals surface area contributed by atoms with Crippen molar-refractivity contribution in [2.45, 2.75) is 88.7 Å². The van der Waals surface area contributed by atoms with Gasteiger partial charge in [0.05, 0.1) is 18.9 Å². The van der Waals surface area contributed by atoms with Crippen LogP contribution in [0.2, 0.25) is 0 Å². The largest absolute Gasteiger partial charge is 0.471 e. The van der Waals surface area contributed by atoms with E-state index in [1.54, 1.807) is 6.92 Å². The van der Waals surface area contributed by atoms with E-state index in [1.807, 2.05) is 55.4 Å². The molecule has 34 heavy (non-hydrogen) atoms. The summed E-state index contributed by atoms with van der Waals surface area (Å²) in [6, 6.07) is 0. The molecule has 2 unspecified atom stereocenters. The van der Waals surface area contributed by atoms with Gasteiger partial charge in [-0.15, -0.1) is 0 Å².